The number of aldehydes is 1. The molecule has 0 radical (unpaired) electrons. The predicted octanol–water partition coefficient (Wildman–Crippen LogP) is 2.62. The largest absolute Gasteiger partial charge is 0.371 e. The number of carbonyl (C=O) groups excluding carboxylic acids is 1. The molecule has 2 aliphatic heterocycles. The lowest BCUT2D eigenvalue weighted by atomic mass is 10.0. The number of carbonyl (C=O) groups is 1. The van der Waals surface area contributed by atoms with Gasteiger partial charge in [-0.25, -0.2) is 0 Å². The zero-order valence-electron chi connectivity index (χ0n) is 10.0. The summed E-state index contributed by atoms with van der Waals surface area (Å²) in [6.07, 6.45) is 8.70. The minimum absolute atomic E-state index is 0.0424. The van der Waals surface area contributed by atoms with Gasteiger partial charge in [-0.2, -0.15) is 0 Å². The minimum atomic E-state index is -0.285. The van der Waals surface area contributed by atoms with E-state index in [0.717, 1.165) is 25.5 Å². The Morgan fingerprint density at radius 2 is 2.12 bits per heavy atom. The smallest absolute Gasteiger partial charge is 0.148 e. The number of halogens is 1. The summed E-state index contributed by atoms with van der Waals surface area (Å²) < 4.78 is 11.8. The number of hydrogen-bond acceptors (Lipinski definition) is 3. The van der Waals surface area contributed by atoms with Crippen molar-refractivity contribution in [3.05, 3.63) is 12.2 Å². The first kappa shape index (κ1) is 13.2. The maximum Gasteiger partial charge on any atom is 0.148 e. The summed E-state index contributed by atoms with van der Waals surface area (Å²) in [5.41, 5.74) is 0. The summed E-state index contributed by atoms with van der Waals surface area (Å²) in [5, 5.41) is 0. The Morgan fingerprint density at radius 1 is 1.35 bits per heavy atom. The number of hydrogen-bond donors (Lipinski definition) is 0. The van der Waals surface area contributed by atoms with Gasteiger partial charge in [0.1, 0.15) is 12.4 Å². The van der Waals surface area contributed by atoms with Crippen molar-refractivity contribution in [2.75, 3.05) is 0 Å². The average molecular weight is 303 g/mol. The summed E-state index contributed by atoms with van der Waals surface area (Å²) in [6.45, 7) is 2.14. The summed E-state index contributed by atoms with van der Waals surface area (Å²) >= 11 is 3.66. The predicted molar refractivity (Wildman–Crippen MR) is 69.4 cm³/mol. The van der Waals surface area contributed by atoms with Crippen LogP contribution in [-0.2, 0) is 14.3 Å². The van der Waals surface area contributed by atoms with Crippen molar-refractivity contribution in [3.63, 3.8) is 0 Å². The molecule has 0 aliphatic carbocycles. The molecule has 3 nitrogen and oxygen atoms in total. The Kier molecular flexibility index (Phi) is 4.77. The lowest BCUT2D eigenvalue weighted by Crippen LogP contribution is -2.34. The fraction of sp³-hybridized carbons (Fsp3) is 0.769. The molecule has 4 heteroatoms. The van der Waals surface area contributed by atoms with Crippen molar-refractivity contribution in [2.45, 2.75) is 61.9 Å². The second kappa shape index (κ2) is 6.12. The van der Waals surface area contributed by atoms with Crippen LogP contribution in [0.4, 0.5) is 0 Å². The Hall–Kier alpha value is -0.190. The summed E-state index contributed by atoms with van der Waals surface area (Å²) in [6, 6.07) is 0. The van der Waals surface area contributed by atoms with Crippen LogP contribution in [-0.4, -0.2) is 35.5 Å². The van der Waals surface area contributed by atoms with Gasteiger partial charge < -0.3 is 14.3 Å². The van der Waals surface area contributed by atoms with Crippen molar-refractivity contribution < 1.29 is 14.3 Å². The number of ether oxygens (including phenoxy) is 2. The Morgan fingerprint density at radius 3 is 2.82 bits per heavy atom. The van der Waals surface area contributed by atoms with E-state index in [1.165, 1.54) is 0 Å². The summed E-state index contributed by atoms with van der Waals surface area (Å²) in [4.78, 5) is 11.1. The molecule has 2 rings (SSSR count). The van der Waals surface area contributed by atoms with E-state index in [-0.39, 0.29) is 24.4 Å². The van der Waals surface area contributed by atoms with Crippen molar-refractivity contribution in [3.8, 4) is 0 Å². The van der Waals surface area contributed by atoms with Crippen LogP contribution < -0.4 is 0 Å². The van der Waals surface area contributed by atoms with E-state index in [1.54, 1.807) is 0 Å². The highest BCUT2D eigenvalue weighted by Crippen LogP contribution is 2.30. The first-order chi connectivity index (χ1) is 8.24. The van der Waals surface area contributed by atoms with E-state index < -0.39 is 0 Å². The standard InChI is InChI=1S/C13H19BrO3/c1-2-10(14)11-5-3-4-6-12-13(17-11)7-9(8-15)16-12/h3-4,8-13H,2,5-7H2,1H3/b4-3-/t9-,10-,11+,12-,13-/m0/s1. The van der Waals surface area contributed by atoms with E-state index in [2.05, 4.69) is 35.0 Å². The van der Waals surface area contributed by atoms with Gasteiger partial charge in [0, 0.05) is 11.2 Å². The third-order valence-corrected chi connectivity index (χ3v) is 4.66. The Labute approximate surface area is 111 Å². The molecule has 0 unspecified atom stereocenters. The van der Waals surface area contributed by atoms with Gasteiger partial charge in [0.25, 0.3) is 0 Å². The molecule has 0 amide bonds. The highest BCUT2D eigenvalue weighted by molar-refractivity contribution is 9.09. The van der Waals surface area contributed by atoms with Crippen LogP contribution in [0.15, 0.2) is 12.2 Å². The quantitative estimate of drug-likeness (QED) is 0.457. The lowest BCUT2D eigenvalue weighted by Gasteiger charge is -2.28. The van der Waals surface area contributed by atoms with Crippen molar-refractivity contribution in [2.24, 2.45) is 0 Å². The van der Waals surface area contributed by atoms with Crippen LogP contribution in [0.25, 0.3) is 0 Å². The van der Waals surface area contributed by atoms with Gasteiger partial charge in [-0.3, -0.25) is 0 Å². The molecular weight excluding hydrogens is 284 g/mol. The van der Waals surface area contributed by atoms with Gasteiger partial charge in [-0.05, 0) is 19.3 Å². The van der Waals surface area contributed by atoms with Crippen LogP contribution in [0.1, 0.15) is 32.6 Å². The van der Waals surface area contributed by atoms with Gasteiger partial charge in [0.15, 0.2) is 0 Å². The summed E-state index contributed by atoms with van der Waals surface area (Å²) in [7, 11) is 0. The molecule has 1 saturated heterocycles. The normalized spacial score (nSPS) is 41.1. The molecule has 1 fully saturated rings. The highest BCUT2D eigenvalue weighted by Gasteiger charge is 2.38. The fourth-order valence-corrected chi connectivity index (χ4v) is 2.76. The van der Waals surface area contributed by atoms with E-state index in [9.17, 15) is 4.79 Å². The molecule has 96 valence electrons. The molecule has 0 spiro atoms. The first-order valence-corrected chi connectivity index (χ1v) is 7.21. The van der Waals surface area contributed by atoms with Crippen LogP contribution >= 0.6 is 15.9 Å². The number of fused-ring (bicyclic) bond motifs is 1. The average Bonchev–Trinajstić information content (AvgIpc) is 2.70. The van der Waals surface area contributed by atoms with Crippen LogP contribution in [0.2, 0.25) is 0 Å². The molecule has 17 heavy (non-hydrogen) atoms. The van der Waals surface area contributed by atoms with Gasteiger partial charge in [-0.1, -0.05) is 35.0 Å². The second-order valence-corrected chi connectivity index (χ2v) is 5.84. The first-order valence-electron chi connectivity index (χ1n) is 6.29. The zero-order chi connectivity index (χ0) is 12.3. The second-order valence-electron chi connectivity index (χ2n) is 4.66. The zero-order valence-corrected chi connectivity index (χ0v) is 11.6. The third-order valence-electron chi connectivity index (χ3n) is 3.43. The van der Waals surface area contributed by atoms with Gasteiger partial charge in [0.05, 0.1) is 18.3 Å². The molecule has 0 N–H and O–H groups in total. The topological polar surface area (TPSA) is 35.5 Å². The molecule has 2 aliphatic rings. The SMILES string of the molecule is CC[C@H](Br)[C@H]1C/C=C\C[C@@H]2O[C@H](C=O)C[C@@H]2O1. The molecule has 0 aromatic carbocycles. The third kappa shape index (κ3) is 3.18. The van der Waals surface area contributed by atoms with Crippen molar-refractivity contribution >= 4 is 22.2 Å². The monoisotopic (exact) mass is 302 g/mol. The van der Waals surface area contributed by atoms with Gasteiger partial charge in [0.2, 0.25) is 0 Å². The lowest BCUT2D eigenvalue weighted by molar-refractivity contribution is -0.118. The van der Waals surface area contributed by atoms with E-state index >= 15 is 0 Å². The Bertz CT molecular complexity index is 292. The fourth-order valence-electron chi connectivity index (χ4n) is 2.42. The van der Waals surface area contributed by atoms with Crippen LogP contribution in [0, 0.1) is 0 Å². The number of alkyl halides is 1. The maximum absolute atomic E-state index is 10.8. The van der Waals surface area contributed by atoms with Gasteiger partial charge in [-0.15, -0.1) is 0 Å². The molecule has 0 saturated carbocycles. The van der Waals surface area contributed by atoms with E-state index in [0.29, 0.717) is 11.2 Å². The Balaban J connectivity index is 2.04. The molecule has 0 bridgehead atoms. The molecule has 0 aromatic heterocycles. The molecule has 0 aromatic rings. The van der Waals surface area contributed by atoms with Crippen LogP contribution in [0.3, 0.4) is 0 Å². The molecule has 2 heterocycles. The highest BCUT2D eigenvalue weighted by atomic mass is 79.9. The molecular formula is C13H19BrO3. The van der Waals surface area contributed by atoms with Crippen molar-refractivity contribution in [1.82, 2.24) is 0 Å². The minimum Gasteiger partial charge on any atom is -0.371 e. The van der Waals surface area contributed by atoms with Crippen molar-refractivity contribution in [1.29, 1.82) is 0 Å². The summed E-state index contributed by atoms with van der Waals surface area (Å²) in [5.74, 6) is 0. The molecule has 5 atom stereocenters. The van der Waals surface area contributed by atoms with Gasteiger partial charge >= 0.3 is 0 Å². The van der Waals surface area contributed by atoms with E-state index in [4.69, 9.17) is 9.47 Å². The maximum atomic E-state index is 10.8. The number of rotatable bonds is 3. The van der Waals surface area contributed by atoms with Crippen LogP contribution in [0.5, 0.6) is 0 Å². The van der Waals surface area contributed by atoms with E-state index in [1.807, 2.05) is 0 Å².